The van der Waals surface area contributed by atoms with Gasteiger partial charge in [-0.2, -0.15) is 0 Å². The summed E-state index contributed by atoms with van der Waals surface area (Å²) in [6.45, 7) is 9.17. The maximum atomic E-state index is 11.9. The Morgan fingerprint density at radius 1 is 1.10 bits per heavy atom. The maximum Gasteiger partial charge on any atom is 0.159 e. The highest BCUT2D eigenvalue weighted by Crippen LogP contribution is 2.30. The van der Waals surface area contributed by atoms with E-state index >= 15 is 0 Å². The minimum atomic E-state index is 0. The molecule has 2 heterocycles. The molecule has 0 radical (unpaired) electrons. The topological polar surface area (TPSA) is 35.7 Å². The van der Waals surface area contributed by atoms with Crippen LogP contribution in [0.4, 0.5) is 0 Å². The number of halogens is 1. The van der Waals surface area contributed by atoms with E-state index in [9.17, 15) is 4.79 Å². The number of aryl methyl sites for hydroxylation is 1. The monoisotopic (exact) mass is 414 g/mol. The molecule has 29 heavy (non-hydrogen) atoms. The average molecular weight is 415 g/mol. The van der Waals surface area contributed by atoms with Gasteiger partial charge in [0.25, 0.3) is 0 Å². The van der Waals surface area contributed by atoms with Crippen LogP contribution in [0.1, 0.15) is 43.5 Å². The summed E-state index contributed by atoms with van der Waals surface area (Å²) in [5, 5.41) is 2.52. The second kappa shape index (κ2) is 9.75. The zero-order chi connectivity index (χ0) is 19.5. The van der Waals surface area contributed by atoms with E-state index in [2.05, 4.69) is 47.9 Å². The van der Waals surface area contributed by atoms with Gasteiger partial charge in [0, 0.05) is 59.8 Å². The number of ketones is 1. The lowest BCUT2D eigenvalue weighted by molar-refractivity contribution is -0.906. The van der Waals surface area contributed by atoms with Crippen molar-refractivity contribution in [3.63, 3.8) is 0 Å². The molecular weight excluding hydrogens is 384 g/mol. The van der Waals surface area contributed by atoms with Gasteiger partial charge < -0.3 is 26.6 Å². The summed E-state index contributed by atoms with van der Waals surface area (Å²) in [7, 11) is 0. The molecule has 5 heteroatoms. The largest absolute Gasteiger partial charge is 1.00 e. The van der Waals surface area contributed by atoms with Crippen molar-refractivity contribution in [3.8, 4) is 0 Å². The Balaban J connectivity index is 0.00000240. The number of piperidine rings is 1. The van der Waals surface area contributed by atoms with E-state index in [0.717, 1.165) is 25.1 Å². The quantitative estimate of drug-likeness (QED) is 0.571. The molecular formula is C24H31ClN2O2. The highest BCUT2D eigenvalue weighted by molar-refractivity contribution is 6.10. The molecule has 1 N–H and O–H groups in total. The third-order valence-electron chi connectivity index (χ3n) is 6.13. The third-order valence-corrected chi connectivity index (χ3v) is 6.13. The van der Waals surface area contributed by atoms with Crippen LogP contribution in [0, 0.1) is 0 Å². The van der Waals surface area contributed by atoms with Gasteiger partial charge in [-0.15, -0.1) is 0 Å². The maximum absolute atomic E-state index is 11.9. The van der Waals surface area contributed by atoms with Crippen molar-refractivity contribution in [3.05, 3.63) is 48.0 Å². The molecule has 0 spiro atoms. The zero-order valence-corrected chi connectivity index (χ0v) is 18.2. The van der Waals surface area contributed by atoms with Crippen LogP contribution in [0.25, 0.3) is 21.8 Å². The van der Waals surface area contributed by atoms with Crippen molar-refractivity contribution in [2.45, 2.75) is 45.8 Å². The zero-order valence-electron chi connectivity index (χ0n) is 17.4. The number of rotatable bonds is 7. The summed E-state index contributed by atoms with van der Waals surface area (Å²) in [5.41, 5.74) is 3.24. The number of likely N-dealkylation sites (tertiary alicyclic amines) is 1. The van der Waals surface area contributed by atoms with Crippen molar-refractivity contribution in [2.24, 2.45) is 0 Å². The van der Waals surface area contributed by atoms with Gasteiger partial charge in [-0.1, -0.05) is 30.3 Å². The fraction of sp³-hybridized carbons (Fsp3) is 0.458. The Kier molecular flexibility index (Phi) is 7.33. The molecule has 0 bridgehead atoms. The number of Topliss-reactive ketones (excluding diaryl/α,β-unsaturated/α-hetero) is 1. The first-order valence-electron chi connectivity index (χ1n) is 10.6. The van der Waals surface area contributed by atoms with Gasteiger partial charge in [0.05, 0.1) is 25.7 Å². The summed E-state index contributed by atoms with van der Waals surface area (Å²) in [6, 6.07) is 14.7. The summed E-state index contributed by atoms with van der Waals surface area (Å²) in [6.07, 6.45) is 3.98. The number of hydrogen-bond acceptors (Lipinski definition) is 2. The Bertz CT molecular complexity index is 974. The van der Waals surface area contributed by atoms with Gasteiger partial charge in [-0.3, -0.25) is 4.79 Å². The van der Waals surface area contributed by atoms with E-state index in [-0.39, 0.29) is 18.2 Å². The number of quaternary nitrogens is 1. The number of ether oxygens (including phenoxy) is 1. The van der Waals surface area contributed by atoms with Crippen molar-refractivity contribution in [1.29, 1.82) is 0 Å². The Hall–Kier alpha value is -1.88. The molecule has 1 aliphatic rings. The van der Waals surface area contributed by atoms with Crippen LogP contribution in [0.15, 0.2) is 42.5 Å². The highest BCUT2D eigenvalue weighted by Gasteiger charge is 2.22. The molecule has 0 aliphatic carbocycles. The van der Waals surface area contributed by atoms with E-state index in [1.165, 1.54) is 54.3 Å². The number of benzene rings is 2. The number of para-hydroxylation sites is 1. The van der Waals surface area contributed by atoms with Crippen LogP contribution < -0.4 is 17.3 Å². The summed E-state index contributed by atoms with van der Waals surface area (Å²) in [4.78, 5) is 13.6. The molecule has 4 rings (SSSR count). The third kappa shape index (κ3) is 4.66. The van der Waals surface area contributed by atoms with Gasteiger partial charge in [0.1, 0.15) is 0 Å². The first-order valence-corrected chi connectivity index (χ1v) is 10.6. The number of carbonyl (C=O) groups excluding carboxylic acids is 1. The number of fused-ring (bicyclic) bond motifs is 3. The van der Waals surface area contributed by atoms with Gasteiger partial charge in [-0.05, 0) is 26.0 Å². The predicted octanol–water partition coefficient (Wildman–Crippen LogP) is 0.475. The summed E-state index contributed by atoms with van der Waals surface area (Å²) in [5.74, 6) is 0.125. The number of nitrogens with zero attached hydrogens (tertiary/aromatic N) is 1. The van der Waals surface area contributed by atoms with Gasteiger partial charge in [0.15, 0.2) is 5.78 Å². The van der Waals surface area contributed by atoms with Crippen molar-refractivity contribution in [1.82, 2.24) is 4.57 Å². The van der Waals surface area contributed by atoms with E-state index in [1.807, 2.05) is 6.07 Å². The summed E-state index contributed by atoms with van der Waals surface area (Å²) < 4.78 is 8.18. The van der Waals surface area contributed by atoms with Crippen LogP contribution in [0.3, 0.4) is 0 Å². The van der Waals surface area contributed by atoms with Crippen LogP contribution in [-0.2, 0) is 11.3 Å². The molecule has 0 unspecified atom stereocenters. The lowest BCUT2D eigenvalue weighted by atomic mass is 10.1. The first kappa shape index (κ1) is 21.8. The highest BCUT2D eigenvalue weighted by atomic mass is 35.5. The van der Waals surface area contributed by atoms with E-state index < -0.39 is 0 Å². The minimum absolute atomic E-state index is 0. The average Bonchev–Trinajstić information content (AvgIpc) is 3.03. The molecule has 1 aromatic heterocycles. The summed E-state index contributed by atoms with van der Waals surface area (Å²) >= 11 is 0. The molecule has 0 atom stereocenters. The predicted molar refractivity (Wildman–Crippen MR) is 114 cm³/mol. The SMILES string of the molecule is CCOC1CC[NH+](CCCn2c3ccccc3c3ccc(C(C)=O)cc32)CC1.[Cl-]. The molecule has 1 aliphatic heterocycles. The molecule has 4 nitrogen and oxygen atoms in total. The Labute approximate surface area is 179 Å². The van der Waals surface area contributed by atoms with Crippen molar-refractivity contribution in [2.75, 3.05) is 26.2 Å². The smallest absolute Gasteiger partial charge is 0.159 e. The second-order valence-electron chi connectivity index (χ2n) is 7.97. The van der Waals surface area contributed by atoms with Crippen LogP contribution in [0.2, 0.25) is 0 Å². The van der Waals surface area contributed by atoms with E-state index in [4.69, 9.17) is 4.74 Å². The van der Waals surface area contributed by atoms with Gasteiger partial charge >= 0.3 is 0 Å². The molecule has 3 aromatic rings. The first-order chi connectivity index (χ1) is 13.7. The standard InChI is InChI=1S/C24H30N2O2.ClH/c1-3-28-20-11-15-25(16-12-20)13-6-14-26-23-8-5-4-7-21(23)22-10-9-19(18(2)27)17-24(22)26;/h4-5,7-10,17,20H,3,6,11-16H2,1-2H3;1H. The number of nitrogens with one attached hydrogen (secondary N) is 1. The molecule has 1 fully saturated rings. The normalized spacial score (nSPS) is 19.4. The van der Waals surface area contributed by atoms with E-state index in [1.54, 1.807) is 11.8 Å². The Morgan fingerprint density at radius 3 is 2.55 bits per heavy atom. The van der Waals surface area contributed by atoms with Crippen LogP contribution >= 0.6 is 0 Å². The van der Waals surface area contributed by atoms with Crippen molar-refractivity contribution < 1.29 is 26.8 Å². The van der Waals surface area contributed by atoms with E-state index in [0.29, 0.717) is 6.10 Å². The fourth-order valence-corrected chi connectivity index (χ4v) is 4.65. The second-order valence-corrected chi connectivity index (χ2v) is 7.97. The number of aromatic nitrogens is 1. The molecule has 1 saturated heterocycles. The molecule has 2 aromatic carbocycles. The molecule has 0 amide bonds. The van der Waals surface area contributed by atoms with Gasteiger partial charge in [-0.25, -0.2) is 0 Å². The van der Waals surface area contributed by atoms with Crippen molar-refractivity contribution >= 4 is 27.6 Å². The molecule has 156 valence electrons. The number of carbonyl (C=O) groups is 1. The Morgan fingerprint density at radius 2 is 1.83 bits per heavy atom. The van der Waals surface area contributed by atoms with Crippen LogP contribution in [0.5, 0.6) is 0 Å². The lowest BCUT2D eigenvalue weighted by Gasteiger charge is -2.29. The van der Waals surface area contributed by atoms with Crippen LogP contribution in [-0.4, -0.2) is 42.7 Å². The fourth-order valence-electron chi connectivity index (χ4n) is 4.65. The number of hydrogen-bond donors (Lipinski definition) is 1. The minimum Gasteiger partial charge on any atom is -1.00 e. The molecule has 0 saturated carbocycles. The lowest BCUT2D eigenvalue weighted by Crippen LogP contribution is -3.13. The van der Waals surface area contributed by atoms with Gasteiger partial charge in [0.2, 0.25) is 0 Å².